The average molecular weight is 202 g/mol. The summed E-state index contributed by atoms with van der Waals surface area (Å²) in [7, 11) is 0. The molecule has 2 rings (SSSR count). The Balaban J connectivity index is 1.98. The second-order valence-corrected chi connectivity index (χ2v) is 4.31. The molecule has 1 aliphatic rings. The highest BCUT2D eigenvalue weighted by atomic mass is 15.2. The molecule has 2 heteroatoms. The van der Waals surface area contributed by atoms with E-state index >= 15 is 0 Å². The monoisotopic (exact) mass is 202 g/mol. The lowest BCUT2D eigenvalue weighted by atomic mass is 10.0. The van der Waals surface area contributed by atoms with Crippen LogP contribution in [0.5, 0.6) is 0 Å². The minimum absolute atomic E-state index is 0.518. The first kappa shape index (κ1) is 10.2. The number of benzene rings is 1. The third-order valence-electron chi connectivity index (χ3n) is 3.09. The van der Waals surface area contributed by atoms with Crippen LogP contribution >= 0.6 is 0 Å². The maximum absolute atomic E-state index is 7.79. The van der Waals surface area contributed by atoms with Gasteiger partial charge in [0.25, 0.3) is 0 Å². The van der Waals surface area contributed by atoms with Crippen LogP contribution in [-0.2, 0) is 0 Å². The van der Waals surface area contributed by atoms with Crippen molar-refractivity contribution in [3.8, 4) is 0 Å². The van der Waals surface area contributed by atoms with Gasteiger partial charge in [0.2, 0.25) is 0 Å². The Hall–Kier alpha value is -1.31. The predicted octanol–water partition coefficient (Wildman–Crippen LogP) is 2.86. The van der Waals surface area contributed by atoms with E-state index in [4.69, 9.17) is 5.41 Å². The van der Waals surface area contributed by atoms with Crippen LogP contribution in [0, 0.1) is 5.41 Å². The zero-order chi connectivity index (χ0) is 10.7. The first-order valence-corrected chi connectivity index (χ1v) is 5.64. The van der Waals surface area contributed by atoms with Crippen molar-refractivity contribution in [2.45, 2.75) is 25.7 Å². The summed E-state index contributed by atoms with van der Waals surface area (Å²) in [4.78, 5) is 2.21. The molecule has 0 spiro atoms. The second kappa shape index (κ2) is 4.47. The third-order valence-corrected chi connectivity index (χ3v) is 3.09. The summed E-state index contributed by atoms with van der Waals surface area (Å²) in [5, 5.41) is 7.79. The molecule has 0 radical (unpaired) electrons. The van der Waals surface area contributed by atoms with Crippen LogP contribution in [0.25, 0.3) is 0 Å². The number of hydrogen-bond donors (Lipinski definition) is 1. The lowest BCUT2D eigenvalue weighted by Crippen LogP contribution is -2.28. The fraction of sp³-hybridized carbons (Fsp3) is 0.462. The lowest BCUT2D eigenvalue weighted by molar-refractivity contribution is 0.421. The SMILES string of the molecule is CC(CN1CCCC1=N)c1ccccc1. The molecule has 1 atom stereocenters. The molecule has 1 aromatic rings. The highest BCUT2D eigenvalue weighted by molar-refractivity contribution is 5.80. The fourth-order valence-electron chi connectivity index (χ4n) is 2.15. The summed E-state index contributed by atoms with van der Waals surface area (Å²) in [5.74, 6) is 1.34. The number of likely N-dealkylation sites (tertiary alicyclic amines) is 1. The smallest absolute Gasteiger partial charge is 0.0958 e. The summed E-state index contributed by atoms with van der Waals surface area (Å²) >= 11 is 0. The van der Waals surface area contributed by atoms with Crippen LogP contribution in [-0.4, -0.2) is 23.8 Å². The second-order valence-electron chi connectivity index (χ2n) is 4.31. The fourth-order valence-corrected chi connectivity index (χ4v) is 2.15. The van der Waals surface area contributed by atoms with E-state index in [1.807, 2.05) is 6.07 Å². The van der Waals surface area contributed by atoms with Gasteiger partial charge in [-0.3, -0.25) is 5.41 Å². The molecular formula is C13H18N2. The Bertz CT molecular complexity index is 332. The maximum atomic E-state index is 7.79. The Labute approximate surface area is 91.4 Å². The average Bonchev–Trinajstić information content (AvgIpc) is 2.66. The third kappa shape index (κ3) is 2.38. The molecule has 0 aromatic heterocycles. The summed E-state index contributed by atoms with van der Waals surface area (Å²) in [6, 6.07) is 10.6. The van der Waals surface area contributed by atoms with Gasteiger partial charge in [-0.05, 0) is 17.9 Å². The normalized spacial score (nSPS) is 18.2. The molecule has 0 bridgehead atoms. The van der Waals surface area contributed by atoms with Crippen molar-refractivity contribution in [2.24, 2.45) is 0 Å². The Morgan fingerprint density at radius 2 is 2.07 bits per heavy atom. The van der Waals surface area contributed by atoms with Crippen molar-refractivity contribution in [1.82, 2.24) is 4.90 Å². The van der Waals surface area contributed by atoms with Crippen LogP contribution in [0.3, 0.4) is 0 Å². The van der Waals surface area contributed by atoms with Crippen molar-refractivity contribution >= 4 is 5.84 Å². The zero-order valence-electron chi connectivity index (χ0n) is 9.24. The molecule has 1 aromatic carbocycles. The molecule has 0 saturated carbocycles. The van der Waals surface area contributed by atoms with Gasteiger partial charge in [-0.15, -0.1) is 0 Å². The summed E-state index contributed by atoms with van der Waals surface area (Å²) in [5.41, 5.74) is 1.37. The largest absolute Gasteiger partial charge is 0.360 e. The van der Waals surface area contributed by atoms with Crippen molar-refractivity contribution in [1.29, 1.82) is 5.41 Å². The van der Waals surface area contributed by atoms with E-state index in [1.165, 1.54) is 5.56 Å². The summed E-state index contributed by atoms with van der Waals surface area (Å²) in [6.07, 6.45) is 2.11. The number of hydrogen-bond acceptors (Lipinski definition) is 1. The van der Waals surface area contributed by atoms with Gasteiger partial charge in [0.15, 0.2) is 0 Å². The van der Waals surface area contributed by atoms with Crippen LogP contribution in [0.1, 0.15) is 31.2 Å². The van der Waals surface area contributed by atoms with E-state index in [-0.39, 0.29) is 0 Å². The molecule has 1 N–H and O–H groups in total. The zero-order valence-corrected chi connectivity index (χ0v) is 9.24. The Morgan fingerprint density at radius 1 is 1.33 bits per heavy atom. The number of amidine groups is 1. The van der Waals surface area contributed by atoms with E-state index in [0.29, 0.717) is 5.92 Å². The topological polar surface area (TPSA) is 27.1 Å². The van der Waals surface area contributed by atoms with E-state index in [2.05, 4.69) is 36.1 Å². The first-order chi connectivity index (χ1) is 7.27. The molecule has 1 unspecified atom stereocenters. The molecule has 80 valence electrons. The lowest BCUT2D eigenvalue weighted by Gasteiger charge is -2.22. The molecule has 1 aliphatic heterocycles. The van der Waals surface area contributed by atoms with Gasteiger partial charge in [-0.1, -0.05) is 37.3 Å². The highest BCUT2D eigenvalue weighted by Gasteiger charge is 2.19. The van der Waals surface area contributed by atoms with Gasteiger partial charge < -0.3 is 4.90 Å². The molecule has 1 fully saturated rings. The maximum Gasteiger partial charge on any atom is 0.0958 e. The molecular weight excluding hydrogens is 184 g/mol. The highest BCUT2D eigenvalue weighted by Crippen LogP contribution is 2.19. The van der Waals surface area contributed by atoms with Crippen LogP contribution < -0.4 is 0 Å². The number of nitrogens with one attached hydrogen (secondary N) is 1. The Kier molecular flexibility index (Phi) is 3.05. The molecule has 0 amide bonds. The molecule has 15 heavy (non-hydrogen) atoms. The minimum Gasteiger partial charge on any atom is -0.360 e. The van der Waals surface area contributed by atoms with Crippen molar-refractivity contribution in [2.75, 3.05) is 13.1 Å². The van der Waals surface area contributed by atoms with Gasteiger partial charge in [0.1, 0.15) is 0 Å². The first-order valence-electron chi connectivity index (χ1n) is 5.64. The minimum atomic E-state index is 0.518. The molecule has 2 nitrogen and oxygen atoms in total. The van der Waals surface area contributed by atoms with E-state index < -0.39 is 0 Å². The number of rotatable bonds is 3. The van der Waals surface area contributed by atoms with Crippen molar-refractivity contribution in [3.63, 3.8) is 0 Å². The van der Waals surface area contributed by atoms with Gasteiger partial charge in [-0.25, -0.2) is 0 Å². The quantitative estimate of drug-likeness (QED) is 0.801. The molecule has 1 saturated heterocycles. The van der Waals surface area contributed by atoms with Gasteiger partial charge >= 0.3 is 0 Å². The van der Waals surface area contributed by atoms with Crippen LogP contribution in [0.15, 0.2) is 30.3 Å². The van der Waals surface area contributed by atoms with Crippen molar-refractivity contribution in [3.05, 3.63) is 35.9 Å². The summed E-state index contributed by atoms with van der Waals surface area (Å²) in [6.45, 7) is 4.29. The standard InChI is InChI=1S/C13H18N2/c1-11(12-6-3-2-4-7-12)10-15-9-5-8-13(15)14/h2-4,6-7,11,14H,5,8-10H2,1H3. The van der Waals surface area contributed by atoms with Crippen molar-refractivity contribution < 1.29 is 0 Å². The summed E-state index contributed by atoms with van der Waals surface area (Å²) < 4.78 is 0. The van der Waals surface area contributed by atoms with E-state index in [1.54, 1.807) is 0 Å². The van der Waals surface area contributed by atoms with Crippen LogP contribution in [0.4, 0.5) is 0 Å². The molecule has 0 aliphatic carbocycles. The Morgan fingerprint density at radius 3 is 2.67 bits per heavy atom. The van der Waals surface area contributed by atoms with E-state index in [9.17, 15) is 0 Å². The molecule has 1 heterocycles. The predicted molar refractivity (Wildman–Crippen MR) is 63.4 cm³/mol. The number of nitrogens with zero attached hydrogens (tertiary/aromatic N) is 1. The van der Waals surface area contributed by atoms with E-state index in [0.717, 1.165) is 31.8 Å². The van der Waals surface area contributed by atoms with Crippen LogP contribution in [0.2, 0.25) is 0 Å². The van der Waals surface area contributed by atoms with Gasteiger partial charge in [0.05, 0.1) is 5.84 Å². The van der Waals surface area contributed by atoms with Gasteiger partial charge in [0, 0.05) is 19.5 Å². The van der Waals surface area contributed by atoms with Gasteiger partial charge in [-0.2, -0.15) is 0 Å².